The molecule has 158 valence electrons. The van der Waals surface area contributed by atoms with Gasteiger partial charge >= 0.3 is 5.97 Å². The predicted molar refractivity (Wildman–Crippen MR) is 102 cm³/mol. The number of carbonyl (C=O) groups excluding carboxylic acids is 2. The third-order valence-corrected chi connectivity index (χ3v) is 4.55. The Labute approximate surface area is 163 Å². The molecule has 1 amide bonds. The van der Waals surface area contributed by atoms with Gasteiger partial charge in [0, 0.05) is 32.6 Å². The zero-order chi connectivity index (χ0) is 19.7. The highest BCUT2D eigenvalue weighted by Gasteiger charge is 2.22. The molecule has 1 aliphatic rings. The lowest BCUT2D eigenvalue weighted by molar-refractivity contribution is -0.280. The zero-order valence-electron chi connectivity index (χ0n) is 17.1. The van der Waals surface area contributed by atoms with E-state index in [4.69, 9.17) is 14.3 Å². The van der Waals surface area contributed by atoms with Crippen LogP contribution in [0.3, 0.4) is 0 Å². The monoisotopic (exact) mass is 387 g/mol. The van der Waals surface area contributed by atoms with Crippen molar-refractivity contribution in [2.75, 3.05) is 33.5 Å². The van der Waals surface area contributed by atoms with Crippen molar-refractivity contribution in [2.24, 2.45) is 0 Å². The van der Waals surface area contributed by atoms with Gasteiger partial charge in [0.1, 0.15) is 0 Å². The molecule has 1 atom stereocenters. The highest BCUT2D eigenvalue weighted by molar-refractivity contribution is 5.75. The van der Waals surface area contributed by atoms with Crippen molar-refractivity contribution >= 4 is 11.9 Å². The third-order valence-electron chi connectivity index (χ3n) is 4.55. The lowest BCUT2D eigenvalue weighted by Crippen LogP contribution is -2.38. The van der Waals surface area contributed by atoms with Crippen molar-refractivity contribution in [1.29, 1.82) is 0 Å². The highest BCUT2D eigenvalue weighted by atomic mass is 16.8. The molecule has 0 aromatic heterocycles. The van der Waals surface area contributed by atoms with Crippen LogP contribution in [0.25, 0.3) is 0 Å². The van der Waals surface area contributed by atoms with Gasteiger partial charge < -0.3 is 14.2 Å². The number of hydrogen-bond donors (Lipinski definition) is 0. The van der Waals surface area contributed by atoms with Gasteiger partial charge in [-0.2, -0.15) is 0 Å². The van der Waals surface area contributed by atoms with Crippen LogP contribution in [-0.2, 0) is 28.6 Å². The molecule has 0 aliphatic carbocycles. The number of hydroxylamine groups is 2. The summed E-state index contributed by atoms with van der Waals surface area (Å²) in [6.07, 6.45) is 9.45. The first-order chi connectivity index (χ1) is 13.2. The maximum Gasteiger partial charge on any atom is 0.305 e. The average Bonchev–Trinajstić information content (AvgIpc) is 2.69. The summed E-state index contributed by atoms with van der Waals surface area (Å²) in [4.78, 5) is 29.3. The lowest BCUT2D eigenvalue weighted by Gasteiger charge is -2.29. The number of ether oxygens (including phenoxy) is 3. The summed E-state index contributed by atoms with van der Waals surface area (Å²) >= 11 is 0. The van der Waals surface area contributed by atoms with Crippen LogP contribution in [0.1, 0.15) is 77.6 Å². The van der Waals surface area contributed by atoms with Crippen molar-refractivity contribution in [3.63, 3.8) is 0 Å². The number of amides is 1. The van der Waals surface area contributed by atoms with E-state index >= 15 is 0 Å². The van der Waals surface area contributed by atoms with Gasteiger partial charge in [0.15, 0.2) is 6.29 Å². The average molecular weight is 388 g/mol. The molecule has 1 fully saturated rings. The molecule has 0 bridgehead atoms. The van der Waals surface area contributed by atoms with E-state index in [9.17, 15) is 9.59 Å². The maximum atomic E-state index is 12.4. The summed E-state index contributed by atoms with van der Waals surface area (Å²) in [6.45, 7) is 4.21. The first kappa shape index (κ1) is 23.9. The summed E-state index contributed by atoms with van der Waals surface area (Å²) in [5.41, 5.74) is 0. The van der Waals surface area contributed by atoms with Gasteiger partial charge in [0.05, 0.1) is 20.1 Å². The smallest absolute Gasteiger partial charge is 0.305 e. The van der Waals surface area contributed by atoms with Gasteiger partial charge in [-0.25, -0.2) is 9.90 Å². The van der Waals surface area contributed by atoms with E-state index in [1.54, 1.807) is 0 Å². The fraction of sp³-hybridized carbons (Fsp3) is 0.900. The Hall–Kier alpha value is -1.18. The van der Waals surface area contributed by atoms with E-state index in [1.807, 2.05) is 6.92 Å². The minimum atomic E-state index is -0.312. The van der Waals surface area contributed by atoms with Crippen molar-refractivity contribution in [3.8, 4) is 0 Å². The standard InChI is InChI=1S/C20H37NO6/c1-3-25-17-14-18(22)21(27-20-13-9-11-16-26-20)15-10-7-5-4-6-8-12-19(23)24-2/h20H,3-17H2,1-2H3. The van der Waals surface area contributed by atoms with E-state index in [1.165, 1.54) is 12.2 Å². The molecule has 1 unspecified atom stereocenters. The Morgan fingerprint density at radius 1 is 1.04 bits per heavy atom. The van der Waals surface area contributed by atoms with Crippen LogP contribution < -0.4 is 0 Å². The number of esters is 1. The SMILES string of the molecule is CCOCCC(=O)N(CCCCCCCCC(=O)OC)OC1CCCCO1. The van der Waals surface area contributed by atoms with Gasteiger partial charge in [0.2, 0.25) is 5.91 Å². The number of unbranched alkanes of at least 4 members (excludes halogenated alkanes) is 5. The number of hydrogen-bond acceptors (Lipinski definition) is 6. The van der Waals surface area contributed by atoms with Crippen molar-refractivity contribution in [2.45, 2.75) is 83.8 Å². The zero-order valence-corrected chi connectivity index (χ0v) is 17.1. The molecular weight excluding hydrogens is 350 g/mol. The Bertz CT molecular complexity index is 398. The van der Waals surface area contributed by atoms with Crippen molar-refractivity contribution < 1.29 is 28.6 Å². The van der Waals surface area contributed by atoms with E-state index in [-0.39, 0.29) is 18.2 Å². The van der Waals surface area contributed by atoms with Crippen LogP contribution in [0.4, 0.5) is 0 Å². The number of carbonyl (C=O) groups is 2. The van der Waals surface area contributed by atoms with E-state index in [0.717, 1.165) is 57.8 Å². The molecule has 7 heteroatoms. The maximum absolute atomic E-state index is 12.4. The van der Waals surface area contributed by atoms with Crippen LogP contribution in [0.5, 0.6) is 0 Å². The summed E-state index contributed by atoms with van der Waals surface area (Å²) < 4.78 is 15.5. The molecule has 7 nitrogen and oxygen atoms in total. The number of methoxy groups -OCH3 is 1. The third kappa shape index (κ3) is 12.0. The quantitative estimate of drug-likeness (QED) is 0.243. The minimum Gasteiger partial charge on any atom is -0.469 e. The highest BCUT2D eigenvalue weighted by Crippen LogP contribution is 2.17. The Morgan fingerprint density at radius 3 is 2.44 bits per heavy atom. The number of nitrogens with zero attached hydrogens (tertiary/aromatic N) is 1. The first-order valence-electron chi connectivity index (χ1n) is 10.4. The van der Waals surface area contributed by atoms with Crippen LogP contribution in [-0.4, -0.2) is 56.7 Å². The van der Waals surface area contributed by atoms with Gasteiger partial charge in [0.25, 0.3) is 0 Å². The minimum absolute atomic E-state index is 0.0456. The Kier molecular flexibility index (Phi) is 14.0. The fourth-order valence-electron chi connectivity index (χ4n) is 2.93. The second-order valence-corrected chi connectivity index (χ2v) is 6.79. The largest absolute Gasteiger partial charge is 0.469 e. The summed E-state index contributed by atoms with van der Waals surface area (Å²) in [5.74, 6) is -0.186. The molecular formula is C20H37NO6. The van der Waals surface area contributed by atoms with Crippen LogP contribution in [0.15, 0.2) is 0 Å². The normalized spacial score (nSPS) is 16.9. The van der Waals surface area contributed by atoms with E-state index in [2.05, 4.69) is 4.74 Å². The van der Waals surface area contributed by atoms with Crippen molar-refractivity contribution in [1.82, 2.24) is 5.06 Å². The molecule has 1 saturated heterocycles. The van der Waals surface area contributed by atoms with Crippen molar-refractivity contribution in [3.05, 3.63) is 0 Å². The molecule has 0 aromatic rings. The van der Waals surface area contributed by atoms with Gasteiger partial charge in [-0.3, -0.25) is 9.59 Å². The molecule has 1 rings (SSSR count). The lowest BCUT2D eigenvalue weighted by atomic mass is 10.1. The molecule has 0 aromatic carbocycles. The molecule has 1 heterocycles. The van der Waals surface area contributed by atoms with Gasteiger partial charge in [-0.1, -0.05) is 25.7 Å². The molecule has 0 spiro atoms. The Balaban J connectivity index is 2.22. The van der Waals surface area contributed by atoms with Crippen LogP contribution in [0.2, 0.25) is 0 Å². The molecule has 0 radical (unpaired) electrons. The van der Waals surface area contributed by atoms with Crippen LogP contribution in [0, 0.1) is 0 Å². The summed E-state index contributed by atoms with van der Waals surface area (Å²) in [5, 5.41) is 1.48. The van der Waals surface area contributed by atoms with Gasteiger partial charge in [-0.15, -0.1) is 0 Å². The van der Waals surface area contributed by atoms with Gasteiger partial charge in [-0.05, 0) is 32.6 Å². The number of rotatable bonds is 15. The molecule has 1 aliphatic heterocycles. The topological polar surface area (TPSA) is 74.3 Å². The second-order valence-electron chi connectivity index (χ2n) is 6.79. The fourth-order valence-corrected chi connectivity index (χ4v) is 2.93. The summed E-state index contributed by atoms with van der Waals surface area (Å²) in [6, 6.07) is 0. The molecule has 27 heavy (non-hydrogen) atoms. The predicted octanol–water partition coefficient (Wildman–Crippen LogP) is 3.60. The molecule has 0 saturated carbocycles. The van der Waals surface area contributed by atoms with E-state index in [0.29, 0.717) is 39.2 Å². The van der Waals surface area contributed by atoms with Crippen LogP contribution >= 0.6 is 0 Å². The van der Waals surface area contributed by atoms with E-state index < -0.39 is 0 Å². The first-order valence-corrected chi connectivity index (χ1v) is 10.4. The summed E-state index contributed by atoms with van der Waals surface area (Å²) in [7, 11) is 1.42. The molecule has 0 N–H and O–H groups in total. The second kappa shape index (κ2) is 15.8. The Morgan fingerprint density at radius 2 is 1.78 bits per heavy atom.